The van der Waals surface area contributed by atoms with Crippen molar-refractivity contribution in [2.75, 3.05) is 33.3 Å². The molecule has 2 aliphatic rings. The molecule has 1 N–H and O–H groups in total. The normalized spacial score (nSPS) is 23.1. The number of hydrogen-bond donors (Lipinski definition) is 1. The first-order chi connectivity index (χ1) is 10.3. The molecule has 4 nitrogen and oxygen atoms in total. The number of rotatable bonds is 6. The van der Waals surface area contributed by atoms with Crippen molar-refractivity contribution < 1.29 is 9.53 Å². The van der Waals surface area contributed by atoms with Crippen molar-refractivity contribution in [2.45, 2.75) is 19.3 Å². The molecule has 22 heavy (non-hydrogen) atoms. The summed E-state index contributed by atoms with van der Waals surface area (Å²) in [4.78, 5) is 14.0. The summed E-state index contributed by atoms with van der Waals surface area (Å²) in [5, 5.41) is 2.61. The molecule has 0 radical (unpaired) electrons. The number of amides is 1. The SMILES string of the molecule is CNC(=O)c1ccc(OCCCN2C[C@H]3CC[C@H]3C2)cc1.Cl. The molecule has 1 heterocycles. The average molecular weight is 325 g/mol. The predicted octanol–water partition coefficient (Wildman–Crippen LogP) is 2.58. The number of fused-ring (bicyclic) bond motifs is 1. The molecule has 5 heteroatoms. The number of carbonyl (C=O) groups is 1. The highest BCUT2D eigenvalue weighted by Crippen LogP contribution is 2.40. The Morgan fingerprint density at radius 3 is 2.41 bits per heavy atom. The van der Waals surface area contributed by atoms with Crippen molar-refractivity contribution in [2.24, 2.45) is 11.8 Å². The molecule has 0 aromatic heterocycles. The lowest BCUT2D eigenvalue weighted by atomic mass is 9.77. The summed E-state index contributed by atoms with van der Waals surface area (Å²) in [6.07, 6.45) is 3.95. The monoisotopic (exact) mass is 324 g/mol. The molecule has 0 bridgehead atoms. The minimum Gasteiger partial charge on any atom is -0.494 e. The van der Waals surface area contributed by atoms with Crippen LogP contribution in [0, 0.1) is 11.8 Å². The van der Waals surface area contributed by atoms with Gasteiger partial charge >= 0.3 is 0 Å². The Labute approximate surface area is 138 Å². The second kappa shape index (κ2) is 7.84. The van der Waals surface area contributed by atoms with Crippen LogP contribution in [0.5, 0.6) is 5.75 Å². The highest BCUT2D eigenvalue weighted by molar-refractivity contribution is 5.94. The molecule has 1 saturated carbocycles. The maximum Gasteiger partial charge on any atom is 0.251 e. The lowest BCUT2D eigenvalue weighted by molar-refractivity contribution is 0.0963. The topological polar surface area (TPSA) is 41.6 Å². The molecule has 1 aromatic rings. The van der Waals surface area contributed by atoms with Crippen molar-refractivity contribution in [3.8, 4) is 5.75 Å². The molecule has 1 aromatic carbocycles. The Morgan fingerprint density at radius 2 is 1.86 bits per heavy atom. The number of halogens is 1. The molecule has 2 fully saturated rings. The molecule has 1 aliphatic carbocycles. The van der Waals surface area contributed by atoms with Crippen LogP contribution in [0.1, 0.15) is 29.6 Å². The Balaban J connectivity index is 0.00000176. The zero-order valence-corrected chi connectivity index (χ0v) is 13.9. The summed E-state index contributed by atoms with van der Waals surface area (Å²) in [5.41, 5.74) is 0.664. The zero-order chi connectivity index (χ0) is 14.7. The van der Waals surface area contributed by atoms with E-state index in [1.54, 1.807) is 19.2 Å². The predicted molar refractivity (Wildman–Crippen MR) is 89.8 cm³/mol. The molecular formula is C17H25ClN2O2. The lowest BCUT2D eigenvalue weighted by Gasteiger charge is -2.28. The van der Waals surface area contributed by atoms with E-state index >= 15 is 0 Å². The molecule has 2 atom stereocenters. The fourth-order valence-electron chi connectivity index (χ4n) is 3.36. The Morgan fingerprint density at radius 1 is 1.23 bits per heavy atom. The number of nitrogens with zero attached hydrogens (tertiary/aromatic N) is 1. The van der Waals surface area contributed by atoms with Gasteiger partial charge in [-0.2, -0.15) is 0 Å². The molecule has 1 amide bonds. The number of likely N-dealkylation sites (tertiary alicyclic amines) is 1. The fraction of sp³-hybridized carbons (Fsp3) is 0.588. The van der Waals surface area contributed by atoms with Gasteiger partial charge in [-0.1, -0.05) is 0 Å². The van der Waals surface area contributed by atoms with Crippen molar-refractivity contribution in [3.05, 3.63) is 29.8 Å². The first-order valence-electron chi connectivity index (χ1n) is 7.93. The van der Waals surface area contributed by atoms with E-state index in [9.17, 15) is 4.79 Å². The number of nitrogens with one attached hydrogen (secondary N) is 1. The van der Waals surface area contributed by atoms with Crippen LogP contribution < -0.4 is 10.1 Å². The van der Waals surface area contributed by atoms with Crippen LogP contribution in [-0.2, 0) is 0 Å². The van der Waals surface area contributed by atoms with E-state index in [1.165, 1.54) is 25.9 Å². The highest BCUT2D eigenvalue weighted by atomic mass is 35.5. The molecular weight excluding hydrogens is 300 g/mol. The number of carbonyl (C=O) groups excluding carboxylic acids is 1. The third-order valence-corrected chi connectivity index (χ3v) is 4.79. The highest BCUT2D eigenvalue weighted by Gasteiger charge is 2.38. The average Bonchev–Trinajstić information content (AvgIpc) is 2.78. The third kappa shape index (κ3) is 3.93. The van der Waals surface area contributed by atoms with E-state index in [-0.39, 0.29) is 18.3 Å². The standard InChI is InChI=1S/C17H24N2O2.ClH/c1-18-17(20)13-5-7-16(8-6-13)21-10-2-9-19-11-14-3-4-15(14)12-19;/h5-8,14-15H,2-4,9-12H2,1H3,(H,18,20);1H/t14-,15+;. The molecule has 1 saturated heterocycles. The van der Waals surface area contributed by atoms with E-state index in [0.29, 0.717) is 5.56 Å². The summed E-state index contributed by atoms with van der Waals surface area (Å²) in [7, 11) is 1.64. The van der Waals surface area contributed by atoms with E-state index in [4.69, 9.17) is 4.74 Å². The second-order valence-electron chi connectivity index (χ2n) is 6.16. The Bertz CT molecular complexity index is 480. The van der Waals surface area contributed by atoms with Gasteiger partial charge in [-0.25, -0.2) is 0 Å². The number of ether oxygens (including phenoxy) is 1. The van der Waals surface area contributed by atoms with Crippen molar-refractivity contribution >= 4 is 18.3 Å². The van der Waals surface area contributed by atoms with Crippen molar-refractivity contribution in [3.63, 3.8) is 0 Å². The van der Waals surface area contributed by atoms with E-state index < -0.39 is 0 Å². The van der Waals surface area contributed by atoms with E-state index in [2.05, 4.69) is 10.2 Å². The van der Waals surface area contributed by atoms with Crippen LogP contribution in [-0.4, -0.2) is 44.1 Å². The minimum atomic E-state index is -0.0646. The van der Waals surface area contributed by atoms with Crippen molar-refractivity contribution in [1.29, 1.82) is 0 Å². The maximum atomic E-state index is 11.4. The van der Waals surface area contributed by atoms with Crippen LogP contribution in [0.25, 0.3) is 0 Å². The second-order valence-corrected chi connectivity index (χ2v) is 6.16. The van der Waals surface area contributed by atoms with E-state index in [1.807, 2.05) is 12.1 Å². The molecule has 3 rings (SSSR count). The van der Waals surface area contributed by atoms with Gasteiger partial charge in [0.2, 0.25) is 0 Å². The largest absolute Gasteiger partial charge is 0.494 e. The quantitative estimate of drug-likeness (QED) is 0.818. The Kier molecular flexibility index (Phi) is 6.09. The summed E-state index contributed by atoms with van der Waals surface area (Å²) < 4.78 is 5.75. The fourth-order valence-corrected chi connectivity index (χ4v) is 3.36. The van der Waals surface area contributed by atoms with Gasteiger partial charge in [0, 0.05) is 32.2 Å². The maximum absolute atomic E-state index is 11.4. The van der Waals surface area contributed by atoms with Gasteiger partial charge in [-0.3, -0.25) is 4.79 Å². The summed E-state index contributed by atoms with van der Waals surface area (Å²) in [6.45, 7) is 4.48. The summed E-state index contributed by atoms with van der Waals surface area (Å²) in [6, 6.07) is 7.32. The van der Waals surface area contributed by atoms with Gasteiger partial charge in [0.15, 0.2) is 0 Å². The third-order valence-electron chi connectivity index (χ3n) is 4.79. The van der Waals surface area contributed by atoms with Gasteiger partial charge in [-0.15, -0.1) is 12.4 Å². The van der Waals surface area contributed by atoms with Gasteiger partial charge in [0.05, 0.1) is 6.61 Å². The van der Waals surface area contributed by atoms with Crippen LogP contribution in [0.3, 0.4) is 0 Å². The zero-order valence-electron chi connectivity index (χ0n) is 13.1. The Hall–Kier alpha value is -1.26. The lowest BCUT2D eigenvalue weighted by Crippen LogP contribution is -2.23. The molecule has 1 aliphatic heterocycles. The van der Waals surface area contributed by atoms with Gasteiger partial charge in [0.25, 0.3) is 5.91 Å². The van der Waals surface area contributed by atoms with Crippen LogP contribution in [0.2, 0.25) is 0 Å². The molecule has 0 spiro atoms. The smallest absolute Gasteiger partial charge is 0.251 e. The van der Waals surface area contributed by atoms with Gasteiger partial charge in [-0.05, 0) is 55.4 Å². The minimum absolute atomic E-state index is 0. The summed E-state index contributed by atoms with van der Waals surface area (Å²) in [5.74, 6) is 2.75. The molecule has 122 valence electrons. The van der Waals surface area contributed by atoms with E-state index in [0.717, 1.165) is 37.2 Å². The van der Waals surface area contributed by atoms with Crippen LogP contribution >= 0.6 is 12.4 Å². The van der Waals surface area contributed by atoms with Crippen molar-refractivity contribution in [1.82, 2.24) is 10.2 Å². The van der Waals surface area contributed by atoms with Gasteiger partial charge in [0.1, 0.15) is 5.75 Å². The first kappa shape index (κ1) is 17.1. The number of benzene rings is 1. The van der Waals surface area contributed by atoms with Gasteiger partial charge < -0.3 is 15.0 Å². The van der Waals surface area contributed by atoms with Crippen LogP contribution in [0.4, 0.5) is 0 Å². The number of hydrogen-bond acceptors (Lipinski definition) is 3. The summed E-state index contributed by atoms with van der Waals surface area (Å²) >= 11 is 0. The molecule has 0 unspecified atom stereocenters. The first-order valence-corrected chi connectivity index (χ1v) is 7.93. The van der Waals surface area contributed by atoms with Crippen LogP contribution in [0.15, 0.2) is 24.3 Å².